The first-order valence-corrected chi connectivity index (χ1v) is 5.67. The third-order valence-electron chi connectivity index (χ3n) is 2.78. The van der Waals surface area contributed by atoms with E-state index in [2.05, 4.69) is 5.10 Å². The van der Waals surface area contributed by atoms with Crippen molar-refractivity contribution in [3.63, 3.8) is 0 Å². The second kappa shape index (κ2) is 5.27. The van der Waals surface area contributed by atoms with Crippen LogP contribution >= 0.6 is 0 Å². The third-order valence-corrected chi connectivity index (χ3v) is 2.78. The summed E-state index contributed by atoms with van der Waals surface area (Å²) in [6, 6.07) is 3.09. The molecule has 96 valence electrons. The van der Waals surface area contributed by atoms with Crippen molar-refractivity contribution in [1.82, 2.24) is 9.78 Å². The van der Waals surface area contributed by atoms with Gasteiger partial charge in [-0.2, -0.15) is 5.10 Å². The van der Waals surface area contributed by atoms with E-state index in [-0.39, 0.29) is 5.56 Å². The molecule has 1 unspecified atom stereocenters. The highest BCUT2D eigenvalue weighted by molar-refractivity contribution is 5.21. The molecule has 1 aromatic carbocycles. The van der Waals surface area contributed by atoms with Crippen LogP contribution in [0.5, 0.6) is 0 Å². The van der Waals surface area contributed by atoms with Crippen LogP contribution in [-0.2, 0) is 13.5 Å². The molecule has 0 fully saturated rings. The van der Waals surface area contributed by atoms with E-state index in [1.165, 1.54) is 0 Å². The number of aliphatic hydroxyl groups excluding tert-OH is 1. The van der Waals surface area contributed by atoms with Crippen LogP contribution in [0.3, 0.4) is 0 Å². The normalized spacial score (nSPS) is 12.7. The molecular formula is C13H14F2N2O. The van der Waals surface area contributed by atoms with Crippen molar-refractivity contribution in [3.8, 4) is 0 Å². The Morgan fingerprint density at radius 3 is 2.83 bits per heavy atom. The molecule has 0 amide bonds. The van der Waals surface area contributed by atoms with Crippen LogP contribution in [0.2, 0.25) is 0 Å². The molecular weight excluding hydrogens is 238 g/mol. The molecule has 0 saturated carbocycles. The van der Waals surface area contributed by atoms with Gasteiger partial charge in [-0.25, -0.2) is 8.78 Å². The maximum Gasteiger partial charge on any atom is 0.129 e. The van der Waals surface area contributed by atoms with Crippen molar-refractivity contribution < 1.29 is 13.9 Å². The van der Waals surface area contributed by atoms with Crippen LogP contribution in [-0.4, -0.2) is 14.9 Å². The fourth-order valence-electron chi connectivity index (χ4n) is 1.83. The van der Waals surface area contributed by atoms with Gasteiger partial charge in [0.2, 0.25) is 0 Å². The number of rotatable bonds is 4. The van der Waals surface area contributed by atoms with Gasteiger partial charge in [-0.1, -0.05) is 0 Å². The lowest BCUT2D eigenvalue weighted by molar-refractivity contribution is 0.162. The van der Waals surface area contributed by atoms with Crippen LogP contribution in [0.25, 0.3) is 0 Å². The quantitative estimate of drug-likeness (QED) is 0.907. The Labute approximate surface area is 104 Å². The van der Waals surface area contributed by atoms with E-state index in [0.29, 0.717) is 12.8 Å². The maximum atomic E-state index is 13.4. The first-order chi connectivity index (χ1) is 8.56. The van der Waals surface area contributed by atoms with Gasteiger partial charge in [0.25, 0.3) is 0 Å². The molecule has 0 aliphatic rings. The van der Waals surface area contributed by atoms with Crippen molar-refractivity contribution in [3.05, 3.63) is 53.4 Å². The molecule has 3 nitrogen and oxygen atoms in total. The van der Waals surface area contributed by atoms with Gasteiger partial charge >= 0.3 is 0 Å². The van der Waals surface area contributed by atoms with Gasteiger partial charge in [0.05, 0.1) is 12.3 Å². The van der Waals surface area contributed by atoms with Gasteiger partial charge in [0.1, 0.15) is 11.6 Å². The van der Waals surface area contributed by atoms with E-state index in [0.717, 1.165) is 23.8 Å². The summed E-state index contributed by atoms with van der Waals surface area (Å²) in [5, 5.41) is 13.9. The zero-order chi connectivity index (χ0) is 13.1. The highest BCUT2D eigenvalue weighted by Gasteiger charge is 2.14. The van der Waals surface area contributed by atoms with Crippen LogP contribution in [0.4, 0.5) is 8.78 Å². The van der Waals surface area contributed by atoms with Crippen LogP contribution in [0.1, 0.15) is 23.7 Å². The minimum atomic E-state index is -1.01. The molecule has 1 aromatic heterocycles. The van der Waals surface area contributed by atoms with E-state index in [9.17, 15) is 13.9 Å². The minimum absolute atomic E-state index is 0.00103. The van der Waals surface area contributed by atoms with Gasteiger partial charge < -0.3 is 5.11 Å². The number of benzene rings is 1. The molecule has 1 atom stereocenters. The Hall–Kier alpha value is -1.75. The first kappa shape index (κ1) is 12.7. The van der Waals surface area contributed by atoms with Crippen LogP contribution < -0.4 is 0 Å². The van der Waals surface area contributed by atoms with E-state index in [4.69, 9.17) is 0 Å². The van der Waals surface area contributed by atoms with Gasteiger partial charge in [-0.15, -0.1) is 0 Å². The van der Waals surface area contributed by atoms with E-state index in [1.807, 2.05) is 6.20 Å². The summed E-state index contributed by atoms with van der Waals surface area (Å²) in [7, 11) is 1.80. The summed E-state index contributed by atoms with van der Waals surface area (Å²) in [6.07, 6.45) is 3.39. The van der Waals surface area contributed by atoms with Gasteiger partial charge in [0.15, 0.2) is 0 Å². The lowest BCUT2D eigenvalue weighted by atomic mass is 10.0. The average Bonchev–Trinajstić information content (AvgIpc) is 2.75. The zero-order valence-corrected chi connectivity index (χ0v) is 9.98. The molecule has 18 heavy (non-hydrogen) atoms. The third kappa shape index (κ3) is 2.92. The molecule has 0 spiro atoms. The zero-order valence-electron chi connectivity index (χ0n) is 9.98. The minimum Gasteiger partial charge on any atom is -0.388 e. The average molecular weight is 252 g/mol. The highest BCUT2D eigenvalue weighted by Crippen LogP contribution is 2.22. The molecule has 2 aromatic rings. The van der Waals surface area contributed by atoms with E-state index < -0.39 is 17.7 Å². The molecule has 5 heteroatoms. The number of aryl methyl sites for hydroxylation is 2. The summed E-state index contributed by atoms with van der Waals surface area (Å²) in [4.78, 5) is 0. The van der Waals surface area contributed by atoms with Crippen molar-refractivity contribution in [2.45, 2.75) is 18.9 Å². The Morgan fingerprint density at radius 1 is 1.39 bits per heavy atom. The number of hydrogen-bond donors (Lipinski definition) is 1. The summed E-state index contributed by atoms with van der Waals surface area (Å²) in [6.45, 7) is 0. The topological polar surface area (TPSA) is 38.0 Å². The molecule has 1 heterocycles. The molecule has 0 saturated heterocycles. The van der Waals surface area contributed by atoms with Gasteiger partial charge in [-0.05, 0) is 36.6 Å². The number of nitrogens with zero attached hydrogens (tertiary/aromatic N) is 2. The lowest BCUT2D eigenvalue weighted by Crippen LogP contribution is -2.03. The predicted octanol–water partition coefficient (Wildman–Crippen LogP) is 2.36. The molecule has 1 N–H and O–H groups in total. The molecule has 0 aliphatic carbocycles. The summed E-state index contributed by atoms with van der Waals surface area (Å²) < 4.78 is 28.0. The van der Waals surface area contributed by atoms with E-state index in [1.54, 1.807) is 17.9 Å². The fraction of sp³-hybridized carbons (Fsp3) is 0.308. The van der Waals surface area contributed by atoms with Gasteiger partial charge in [0, 0.05) is 18.8 Å². The molecule has 2 rings (SSSR count). The number of aliphatic hydroxyl groups is 1. The summed E-state index contributed by atoms with van der Waals surface area (Å²) >= 11 is 0. The maximum absolute atomic E-state index is 13.4. The molecule has 0 radical (unpaired) electrons. The Kier molecular flexibility index (Phi) is 3.72. The lowest BCUT2D eigenvalue weighted by Gasteiger charge is -2.11. The standard InChI is InChI=1S/C13H14F2N2O/c1-17-8-9(7-16-17)2-5-13(18)11-6-10(14)3-4-12(11)15/h3-4,6-8,13,18H,2,5H2,1H3. The highest BCUT2D eigenvalue weighted by atomic mass is 19.1. The second-order valence-electron chi connectivity index (χ2n) is 4.24. The second-order valence-corrected chi connectivity index (χ2v) is 4.24. The Balaban J connectivity index is 2.03. The molecule has 0 bridgehead atoms. The fourth-order valence-corrected chi connectivity index (χ4v) is 1.83. The Bertz CT molecular complexity index is 540. The number of hydrogen-bond acceptors (Lipinski definition) is 2. The SMILES string of the molecule is Cn1cc(CCC(O)c2cc(F)ccc2F)cn1. The van der Waals surface area contributed by atoms with Crippen LogP contribution in [0.15, 0.2) is 30.6 Å². The van der Waals surface area contributed by atoms with Crippen molar-refractivity contribution in [2.24, 2.45) is 7.05 Å². The molecule has 0 aliphatic heterocycles. The van der Waals surface area contributed by atoms with Crippen molar-refractivity contribution >= 4 is 0 Å². The largest absolute Gasteiger partial charge is 0.388 e. The van der Waals surface area contributed by atoms with Crippen molar-refractivity contribution in [1.29, 1.82) is 0 Å². The van der Waals surface area contributed by atoms with Crippen molar-refractivity contribution in [2.75, 3.05) is 0 Å². The smallest absolute Gasteiger partial charge is 0.129 e. The van der Waals surface area contributed by atoms with E-state index >= 15 is 0 Å². The summed E-state index contributed by atoms with van der Waals surface area (Å²) in [5.41, 5.74) is 0.951. The predicted molar refractivity (Wildman–Crippen MR) is 62.8 cm³/mol. The summed E-state index contributed by atoms with van der Waals surface area (Å²) in [5.74, 6) is -1.14. The van der Waals surface area contributed by atoms with Gasteiger partial charge in [-0.3, -0.25) is 4.68 Å². The monoisotopic (exact) mass is 252 g/mol. The van der Waals surface area contributed by atoms with Crippen LogP contribution in [0, 0.1) is 11.6 Å². The number of halogens is 2. The Morgan fingerprint density at radius 2 is 2.17 bits per heavy atom. The first-order valence-electron chi connectivity index (χ1n) is 5.67. The number of aromatic nitrogens is 2.